The third-order valence-electron chi connectivity index (χ3n) is 5.23. The maximum atomic E-state index is 6.48. The Morgan fingerprint density at radius 3 is 2.50 bits per heavy atom. The van der Waals surface area contributed by atoms with Gasteiger partial charge in [0.1, 0.15) is 5.69 Å². The fourth-order valence-electron chi connectivity index (χ4n) is 3.55. The molecule has 146 valence electrons. The molecule has 3 aromatic rings. The number of nitrogens with zero attached hydrogens (tertiary/aromatic N) is 3. The second kappa shape index (κ2) is 7.86. The molecule has 1 aliphatic rings. The highest BCUT2D eigenvalue weighted by Crippen LogP contribution is 2.34. The number of morpholine rings is 1. The maximum Gasteiger partial charge on any atom is 0.151 e. The molecule has 1 fully saturated rings. The van der Waals surface area contributed by atoms with Gasteiger partial charge >= 0.3 is 0 Å². The Labute approximate surface area is 166 Å². The fraction of sp³-hybridized carbons (Fsp3) is 0.391. The lowest BCUT2D eigenvalue weighted by Gasteiger charge is -2.43. The molecule has 28 heavy (non-hydrogen) atoms. The van der Waals surface area contributed by atoms with Crippen LogP contribution in [0.15, 0.2) is 65.4 Å². The lowest BCUT2D eigenvalue weighted by atomic mass is 9.87. The van der Waals surface area contributed by atoms with Gasteiger partial charge in [-0.1, -0.05) is 56.3 Å². The zero-order chi connectivity index (χ0) is 19.6. The molecule has 0 N–H and O–H groups in total. The Kier molecular flexibility index (Phi) is 5.29. The zero-order valence-electron chi connectivity index (χ0n) is 16.7. The first-order valence-electron chi connectivity index (χ1n) is 9.78. The van der Waals surface area contributed by atoms with Crippen LogP contribution in [-0.4, -0.2) is 34.2 Å². The topological polar surface area (TPSA) is 51.4 Å². The SMILES string of the molecule is CC(C)(C)[C@H]1CN(Cc2cc(-c3ccncc3)no2)C[C@@H](c2ccccc2)O1. The van der Waals surface area contributed by atoms with Crippen molar-refractivity contribution in [3.05, 3.63) is 72.2 Å². The van der Waals surface area contributed by atoms with E-state index in [0.29, 0.717) is 0 Å². The van der Waals surface area contributed by atoms with Crippen molar-refractivity contribution in [1.82, 2.24) is 15.0 Å². The standard InChI is InChI=1S/C23H27N3O2/c1-23(2,3)22-16-26(15-21(27-22)18-7-5-4-6-8-18)14-19-13-20(25-28-19)17-9-11-24-12-10-17/h4-13,21-22H,14-16H2,1-3H3/t21-,22+/m0/s1. The third-order valence-corrected chi connectivity index (χ3v) is 5.23. The second-order valence-electron chi connectivity index (χ2n) is 8.50. The summed E-state index contributed by atoms with van der Waals surface area (Å²) in [6, 6.07) is 16.4. The number of pyridine rings is 1. The summed E-state index contributed by atoms with van der Waals surface area (Å²) in [4.78, 5) is 6.47. The van der Waals surface area contributed by atoms with Crippen LogP contribution < -0.4 is 0 Å². The van der Waals surface area contributed by atoms with Gasteiger partial charge in [-0.25, -0.2) is 0 Å². The van der Waals surface area contributed by atoms with E-state index >= 15 is 0 Å². The Balaban J connectivity index is 1.52. The van der Waals surface area contributed by atoms with Crippen molar-refractivity contribution in [2.45, 2.75) is 39.5 Å². The average Bonchev–Trinajstić information content (AvgIpc) is 3.17. The van der Waals surface area contributed by atoms with E-state index in [1.165, 1.54) is 5.56 Å². The lowest BCUT2D eigenvalue weighted by Crippen LogP contribution is -2.48. The third kappa shape index (κ3) is 4.32. The highest BCUT2D eigenvalue weighted by molar-refractivity contribution is 5.57. The molecule has 0 aliphatic carbocycles. The molecule has 5 heteroatoms. The van der Waals surface area contributed by atoms with Crippen LogP contribution in [0, 0.1) is 5.41 Å². The molecule has 5 nitrogen and oxygen atoms in total. The molecule has 0 unspecified atom stereocenters. The van der Waals surface area contributed by atoms with Gasteiger partial charge in [-0.05, 0) is 23.1 Å². The average molecular weight is 377 g/mol. The van der Waals surface area contributed by atoms with Gasteiger partial charge in [-0.3, -0.25) is 9.88 Å². The normalized spacial score (nSPS) is 21.0. The Bertz CT molecular complexity index is 887. The highest BCUT2D eigenvalue weighted by Gasteiger charge is 2.36. The van der Waals surface area contributed by atoms with Gasteiger partial charge in [-0.15, -0.1) is 0 Å². The van der Waals surface area contributed by atoms with Crippen molar-refractivity contribution in [1.29, 1.82) is 0 Å². The first-order chi connectivity index (χ1) is 13.5. The number of rotatable bonds is 4. The molecule has 0 saturated carbocycles. The van der Waals surface area contributed by atoms with E-state index in [9.17, 15) is 0 Å². The molecule has 4 rings (SSSR count). The van der Waals surface area contributed by atoms with Gasteiger partial charge in [0.05, 0.1) is 18.8 Å². The molecule has 3 heterocycles. The summed E-state index contributed by atoms with van der Waals surface area (Å²) in [6.07, 6.45) is 3.74. The smallest absolute Gasteiger partial charge is 0.151 e. The number of ether oxygens (including phenoxy) is 1. The minimum atomic E-state index is 0.0572. The first-order valence-corrected chi connectivity index (χ1v) is 9.78. The van der Waals surface area contributed by atoms with Gasteiger partial charge in [0.15, 0.2) is 5.76 Å². The van der Waals surface area contributed by atoms with Crippen molar-refractivity contribution in [3.63, 3.8) is 0 Å². The summed E-state index contributed by atoms with van der Waals surface area (Å²) in [5.41, 5.74) is 3.14. The second-order valence-corrected chi connectivity index (χ2v) is 8.50. The summed E-state index contributed by atoms with van der Waals surface area (Å²) >= 11 is 0. The molecule has 2 aromatic heterocycles. The molecule has 0 radical (unpaired) electrons. The summed E-state index contributed by atoms with van der Waals surface area (Å²) < 4.78 is 12.1. The van der Waals surface area contributed by atoms with E-state index in [-0.39, 0.29) is 17.6 Å². The van der Waals surface area contributed by atoms with Crippen molar-refractivity contribution in [2.75, 3.05) is 13.1 Å². The number of aromatic nitrogens is 2. The van der Waals surface area contributed by atoms with Crippen LogP contribution in [0.4, 0.5) is 0 Å². The molecule has 2 atom stereocenters. The van der Waals surface area contributed by atoms with Crippen molar-refractivity contribution < 1.29 is 9.26 Å². The Hall–Kier alpha value is -2.50. The van der Waals surface area contributed by atoms with Gasteiger partial charge in [0.2, 0.25) is 0 Å². The summed E-state index contributed by atoms with van der Waals surface area (Å²) in [5.74, 6) is 0.869. The van der Waals surface area contributed by atoms with Crippen molar-refractivity contribution in [3.8, 4) is 11.3 Å². The van der Waals surface area contributed by atoms with Crippen LogP contribution in [0.3, 0.4) is 0 Å². The predicted octanol–water partition coefficient (Wildman–Crippen LogP) is 4.72. The van der Waals surface area contributed by atoms with Crippen LogP contribution in [0.25, 0.3) is 11.3 Å². The van der Waals surface area contributed by atoms with Crippen LogP contribution >= 0.6 is 0 Å². The van der Waals surface area contributed by atoms with E-state index in [1.807, 2.05) is 24.3 Å². The Morgan fingerprint density at radius 1 is 1.04 bits per heavy atom. The molecular weight excluding hydrogens is 350 g/mol. The van der Waals surface area contributed by atoms with Gasteiger partial charge in [0.25, 0.3) is 0 Å². The number of benzene rings is 1. The van der Waals surface area contributed by atoms with E-state index in [2.05, 4.69) is 60.1 Å². The molecule has 0 spiro atoms. The summed E-state index contributed by atoms with van der Waals surface area (Å²) in [7, 11) is 0. The first kappa shape index (κ1) is 18.8. The molecule has 1 saturated heterocycles. The fourth-order valence-corrected chi connectivity index (χ4v) is 3.55. The largest absolute Gasteiger partial charge is 0.367 e. The van der Waals surface area contributed by atoms with E-state index in [4.69, 9.17) is 9.26 Å². The number of hydrogen-bond acceptors (Lipinski definition) is 5. The maximum absolute atomic E-state index is 6.48. The van der Waals surface area contributed by atoms with Crippen LogP contribution in [-0.2, 0) is 11.3 Å². The van der Waals surface area contributed by atoms with Crippen LogP contribution in [0.2, 0.25) is 0 Å². The van der Waals surface area contributed by atoms with Gasteiger partial charge in [0, 0.05) is 37.1 Å². The van der Waals surface area contributed by atoms with E-state index in [0.717, 1.165) is 36.7 Å². The highest BCUT2D eigenvalue weighted by atomic mass is 16.5. The summed E-state index contributed by atoms with van der Waals surface area (Å²) in [6.45, 7) is 9.13. The predicted molar refractivity (Wildman–Crippen MR) is 109 cm³/mol. The number of hydrogen-bond donors (Lipinski definition) is 0. The molecule has 1 aromatic carbocycles. The van der Waals surface area contributed by atoms with Crippen molar-refractivity contribution >= 4 is 0 Å². The Morgan fingerprint density at radius 2 is 1.79 bits per heavy atom. The minimum absolute atomic E-state index is 0.0572. The molecule has 0 amide bonds. The minimum Gasteiger partial charge on any atom is -0.367 e. The molecular formula is C23H27N3O2. The lowest BCUT2D eigenvalue weighted by molar-refractivity contribution is -0.131. The molecule has 1 aliphatic heterocycles. The van der Waals surface area contributed by atoms with Gasteiger partial charge < -0.3 is 9.26 Å². The quantitative estimate of drug-likeness (QED) is 0.658. The van der Waals surface area contributed by atoms with Gasteiger partial charge in [-0.2, -0.15) is 0 Å². The van der Waals surface area contributed by atoms with Crippen LogP contribution in [0.5, 0.6) is 0 Å². The summed E-state index contributed by atoms with van der Waals surface area (Å²) in [5, 5.41) is 4.24. The molecule has 0 bridgehead atoms. The van der Waals surface area contributed by atoms with Crippen molar-refractivity contribution in [2.24, 2.45) is 5.41 Å². The monoisotopic (exact) mass is 377 g/mol. The zero-order valence-corrected chi connectivity index (χ0v) is 16.7. The van der Waals surface area contributed by atoms with E-state index < -0.39 is 0 Å². The van der Waals surface area contributed by atoms with E-state index in [1.54, 1.807) is 12.4 Å². The van der Waals surface area contributed by atoms with Crippen LogP contribution in [0.1, 0.15) is 38.2 Å².